The molecule has 1 saturated heterocycles. The Balaban J connectivity index is 1.29. The Labute approximate surface area is 180 Å². The number of carbonyl (C=O) groups excluding carboxylic acids is 1. The summed E-state index contributed by atoms with van der Waals surface area (Å²) in [4.78, 5) is 16.6. The number of nitriles is 1. The molecule has 156 valence electrons. The van der Waals surface area contributed by atoms with E-state index < -0.39 is 0 Å². The number of furan rings is 1. The molecule has 0 unspecified atom stereocenters. The Bertz CT molecular complexity index is 1120. The quantitative estimate of drug-likeness (QED) is 0.583. The van der Waals surface area contributed by atoms with Crippen molar-refractivity contribution in [1.82, 2.24) is 9.80 Å². The van der Waals surface area contributed by atoms with Gasteiger partial charge in [0.15, 0.2) is 0 Å². The monoisotopic (exact) mass is 415 g/mol. The highest BCUT2D eigenvalue weighted by atomic mass is 19.1. The smallest absolute Gasteiger partial charge is 0.246 e. The number of halogens is 1. The van der Waals surface area contributed by atoms with E-state index in [1.54, 1.807) is 36.4 Å². The Morgan fingerprint density at radius 3 is 2.48 bits per heavy atom. The molecule has 4 rings (SSSR count). The standard InChI is InChI=1S/C25H22FN3O2/c26-23-4-2-1-3-22(23)24-11-9-21(31-24)10-12-25(30)29-15-13-28(14-16-29)18-20-7-5-19(17-27)6-8-20/h1-12H,13-16,18H2/b12-10+. The predicted octanol–water partition coefficient (Wildman–Crippen LogP) is 4.31. The summed E-state index contributed by atoms with van der Waals surface area (Å²) in [7, 11) is 0. The van der Waals surface area contributed by atoms with Gasteiger partial charge in [-0.05, 0) is 48.0 Å². The highest BCUT2D eigenvalue weighted by Crippen LogP contribution is 2.25. The molecule has 3 aromatic rings. The van der Waals surface area contributed by atoms with Crippen molar-refractivity contribution in [2.24, 2.45) is 0 Å². The molecular formula is C25H22FN3O2. The second kappa shape index (κ2) is 9.41. The molecule has 31 heavy (non-hydrogen) atoms. The molecule has 1 fully saturated rings. The number of piperazine rings is 1. The van der Waals surface area contributed by atoms with Crippen LogP contribution in [0.3, 0.4) is 0 Å². The van der Waals surface area contributed by atoms with Crippen LogP contribution in [0.15, 0.2) is 71.2 Å². The van der Waals surface area contributed by atoms with Gasteiger partial charge in [0, 0.05) is 38.8 Å². The minimum absolute atomic E-state index is 0.0677. The van der Waals surface area contributed by atoms with Gasteiger partial charge in [0.25, 0.3) is 0 Å². The van der Waals surface area contributed by atoms with Crippen molar-refractivity contribution in [3.05, 3.63) is 89.4 Å². The summed E-state index contributed by atoms with van der Waals surface area (Å²) in [6, 6.07) is 19.6. The summed E-state index contributed by atoms with van der Waals surface area (Å²) in [5, 5.41) is 8.89. The summed E-state index contributed by atoms with van der Waals surface area (Å²) in [6.07, 6.45) is 3.12. The number of carbonyl (C=O) groups is 1. The van der Waals surface area contributed by atoms with Crippen LogP contribution in [0.5, 0.6) is 0 Å². The first-order valence-electron chi connectivity index (χ1n) is 10.2. The molecule has 0 spiro atoms. The number of nitrogens with zero attached hydrogens (tertiary/aromatic N) is 3. The van der Waals surface area contributed by atoms with Crippen molar-refractivity contribution in [1.29, 1.82) is 5.26 Å². The van der Waals surface area contributed by atoms with Crippen LogP contribution < -0.4 is 0 Å². The zero-order chi connectivity index (χ0) is 21.6. The average Bonchev–Trinajstić information content (AvgIpc) is 3.27. The lowest BCUT2D eigenvalue weighted by Crippen LogP contribution is -2.47. The van der Waals surface area contributed by atoms with Crippen LogP contribution in [0.1, 0.15) is 16.9 Å². The molecule has 1 aliphatic rings. The summed E-state index contributed by atoms with van der Waals surface area (Å²) >= 11 is 0. The molecule has 0 radical (unpaired) electrons. The molecule has 1 aromatic heterocycles. The Morgan fingerprint density at radius 1 is 1.03 bits per heavy atom. The third-order valence-corrected chi connectivity index (χ3v) is 5.33. The highest BCUT2D eigenvalue weighted by molar-refractivity contribution is 5.91. The number of amides is 1. The van der Waals surface area contributed by atoms with Crippen molar-refractivity contribution in [2.75, 3.05) is 26.2 Å². The number of hydrogen-bond donors (Lipinski definition) is 0. The van der Waals surface area contributed by atoms with Crippen molar-refractivity contribution >= 4 is 12.0 Å². The van der Waals surface area contributed by atoms with E-state index in [4.69, 9.17) is 9.68 Å². The number of benzene rings is 2. The molecule has 2 heterocycles. The van der Waals surface area contributed by atoms with Gasteiger partial charge < -0.3 is 9.32 Å². The average molecular weight is 415 g/mol. The second-order valence-corrected chi connectivity index (χ2v) is 7.43. The fourth-order valence-electron chi connectivity index (χ4n) is 3.58. The molecular weight excluding hydrogens is 393 g/mol. The first-order valence-corrected chi connectivity index (χ1v) is 10.2. The van der Waals surface area contributed by atoms with Crippen LogP contribution in [0, 0.1) is 17.1 Å². The fraction of sp³-hybridized carbons (Fsp3) is 0.200. The maximum Gasteiger partial charge on any atom is 0.246 e. The minimum atomic E-state index is -0.345. The lowest BCUT2D eigenvalue weighted by molar-refractivity contribution is -0.127. The molecule has 0 aliphatic carbocycles. The van der Waals surface area contributed by atoms with Gasteiger partial charge in [-0.25, -0.2) is 4.39 Å². The summed E-state index contributed by atoms with van der Waals surface area (Å²) < 4.78 is 19.6. The second-order valence-electron chi connectivity index (χ2n) is 7.43. The lowest BCUT2D eigenvalue weighted by atomic mass is 10.1. The molecule has 0 saturated carbocycles. The molecule has 1 aliphatic heterocycles. The zero-order valence-electron chi connectivity index (χ0n) is 17.0. The summed E-state index contributed by atoms with van der Waals surface area (Å²) in [6.45, 7) is 3.68. The van der Waals surface area contributed by atoms with E-state index in [0.29, 0.717) is 35.7 Å². The van der Waals surface area contributed by atoms with Crippen molar-refractivity contribution < 1.29 is 13.6 Å². The van der Waals surface area contributed by atoms with Gasteiger partial charge in [-0.2, -0.15) is 5.26 Å². The SMILES string of the molecule is N#Cc1ccc(CN2CCN(C(=O)/C=C/c3ccc(-c4ccccc4F)o3)CC2)cc1. The van der Waals surface area contributed by atoms with Crippen LogP contribution in [0.2, 0.25) is 0 Å². The van der Waals surface area contributed by atoms with E-state index in [9.17, 15) is 9.18 Å². The first kappa shape index (κ1) is 20.6. The van der Waals surface area contributed by atoms with Crippen LogP contribution in [0.4, 0.5) is 4.39 Å². The van der Waals surface area contributed by atoms with Gasteiger partial charge in [0.05, 0.1) is 17.2 Å². The van der Waals surface area contributed by atoms with Gasteiger partial charge in [-0.3, -0.25) is 9.69 Å². The fourth-order valence-corrected chi connectivity index (χ4v) is 3.58. The van der Waals surface area contributed by atoms with E-state index in [0.717, 1.165) is 25.2 Å². The predicted molar refractivity (Wildman–Crippen MR) is 116 cm³/mol. The maximum atomic E-state index is 13.9. The van der Waals surface area contributed by atoms with Gasteiger partial charge in [0.2, 0.25) is 5.91 Å². The minimum Gasteiger partial charge on any atom is -0.457 e. The van der Waals surface area contributed by atoms with E-state index in [-0.39, 0.29) is 11.7 Å². The molecule has 2 aromatic carbocycles. The topological polar surface area (TPSA) is 60.5 Å². The number of rotatable bonds is 5. The van der Waals surface area contributed by atoms with Crippen LogP contribution in [-0.2, 0) is 11.3 Å². The summed E-state index contributed by atoms with van der Waals surface area (Å²) in [5.74, 6) is 0.525. The Morgan fingerprint density at radius 2 is 1.77 bits per heavy atom. The van der Waals surface area contributed by atoms with E-state index in [1.165, 1.54) is 12.1 Å². The van der Waals surface area contributed by atoms with Crippen molar-refractivity contribution in [3.63, 3.8) is 0 Å². The lowest BCUT2D eigenvalue weighted by Gasteiger charge is -2.34. The van der Waals surface area contributed by atoms with Crippen LogP contribution >= 0.6 is 0 Å². The molecule has 6 heteroatoms. The maximum absolute atomic E-state index is 13.9. The number of hydrogen-bond acceptors (Lipinski definition) is 4. The van der Waals surface area contributed by atoms with Gasteiger partial charge in [-0.1, -0.05) is 24.3 Å². The third-order valence-electron chi connectivity index (χ3n) is 5.33. The van der Waals surface area contributed by atoms with Crippen LogP contribution in [-0.4, -0.2) is 41.9 Å². The molecule has 0 N–H and O–H groups in total. The van der Waals surface area contributed by atoms with E-state index in [1.807, 2.05) is 29.2 Å². The van der Waals surface area contributed by atoms with Crippen LogP contribution in [0.25, 0.3) is 17.4 Å². The van der Waals surface area contributed by atoms with Gasteiger partial charge in [0.1, 0.15) is 17.3 Å². The normalized spacial score (nSPS) is 14.6. The van der Waals surface area contributed by atoms with Gasteiger partial charge in [-0.15, -0.1) is 0 Å². The molecule has 0 bridgehead atoms. The van der Waals surface area contributed by atoms with Gasteiger partial charge >= 0.3 is 0 Å². The van der Waals surface area contributed by atoms with E-state index in [2.05, 4.69) is 11.0 Å². The zero-order valence-corrected chi connectivity index (χ0v) is 17.0. The van der Waals surface area contributed by atoms with E-state index >= 15 is 0 Å². The largest absolute Gasteiger partial charge is 0.457 e. The molecule has 5 nitrogen and oxygen atoms in total. The Hall–Kier alpha value is -3.69. The van der Waals surface area contributed by atoms with Crippen molar-refractivity contribution in [2.45, 2.75) is 6.54 Å². The van der Waals surface area contributed by atoms with Crippen molar-refractivity contribution in [3.8, 4) is 17.4 Å². The summed E-state index contributed by atoms with van der Waals surface area (Å²) in [5.41, 5.74) is 2.21. The Kier molecular flexibility index (Phi) is 6.25. The molecule has 1 amide bonds. The highest BCUT2D eigenvalue weighted by Gasteiger charge is 2.19. The molecule has 0 atom stereocenters. The first-order chi connectivity index (χ1) is 15.1. The third kappa shape index (κ3) is 5.08.